The van der Waals surface area contributed by atoms with Crippen molar-refractivity contribution in [2.75, 3.05) is 11.1 Å². The predicted octanol–water partition coefficient (Wildman–Crippen LogP) is 4.48. The molecule has 0 radical (unpaired) electrons. The predicted molar refractivity (Wildman–Crippen MR) is 92.0 cm³/mol. The van der Waals surface area contributed by atoms with Gasteiger partial charge in [-0.05, 0) is 31.5 Å². The second-order valence-electron chi connectivity index (χ2n) is 6.25. The lowest BCUT2D eigenvalue weighted by atomic mass is 9.95. The molecule has 1 heterocycles. The van der Waals surface area contributed by atoms with Crippen LogP contribution in [0, 0.1) is 13.8 Å². The minimum Gasteiger partial charge on any atom is -0.383 e. The van der Waals surface area contributed by atoms with Crippen LogP contribution in [0.5, 0.6) is 0 Å². The third-order valence-electron chi connectivity index (χ3n) is 3.29. The molecule has 21 heavy (non-hydrogen) atoms. The van der Waals surface area contributed by atoms with Gasteiger partial charge in [-0.15, -0.1) is 0 Å². The molecule has 0 bridgehead atoms. The number of anilines is 3. The fraction of sp³-hybridized carbons (Fsp3) is 0.375. The minimum atomic E-state index is -0.147. The number of nitrogens with zero attached hydrogens (tertiary/aromatic N) is 2. The van der Waals surface area contributed by atoms with Gasteiger partial charge in [0, 0.05) is 21.1 Å². The fourth-order valence-electron chi connectivity index (χ4n) is 1.80. The molecule has 1 aromatic carbocycles. The van der Waals surface area contributed by atoms with Crippen LogP contribution in [0.3, 0.4) is 0 Å². The first-order valence-electron chi connectivity index (χ1n) is 6.86. The second kappa shape index (κ2) is 5.64. The molecule has 0 saturated heterocycles. The Labute approximate surface area is 134 Å². The Balaban J connectivity index is 2.43. The van der Waals surface area contributed by atoms with Crippen molar-refractivity contribution in [2.24, 2.45) is 0 Å². The zero-order valence-electron chi connectivity index (χ0n) is 13.1. The minimum absolute atomic E-state index is 0.147. The van der Waals surface area contributed by atoms with Crippen LogP contribution in [0.4, 0.5) is 17.3 Å². The molecule has 4 nitrogen and oxygen atoms in total. The standard InChI is InChI=1S/C16H21BrN4/c1-9-6-7-11(8-12(9)17)19-14-10(2)13(18)20-15(21-14)16(3,4)5/h6-8H,1-5H3,(H3,18,19,20,21). The summed E-state index contributed by atoms with van der Waals surface area (Å²) in [6, 6.07) is 6.11. The average molecular weight is 349 g/mol. The molecule has 0 atom stereocenters. The van der Waals surface area contributed by atoms with E-state index in [2.05, 4.69) is 65.0 Å². The normalized spacial score (nSPS) is 11.5. The van der Waals surface area contributed by atoms with Crippen LogP contribution in [0.2, 0.25) is 0 Å². The Bertz CT molecular complexity index is 675. The quantitative estimate of drug-likeness (QED) is 0.839. The average Bonchev–Trinajstić information content (AvgIpc) is 2.38. The summed E-state index contributed by atoms with van der Waals surface area (Å²) in [5.74, 6) is 2.01. The molecule has 2 rings (SSSR count). The van der Waals surface area contributed by atoms with Crippen molar-refractivity contribution in [3.8, 4) is 0 Å². The van der Waals surface area contributed by atoms with Gasteiger partial charge in [0.05, 0.1) is 0 Å². The number of nitrogens with two attached hydrogens (primary N) is 1. The summed E-state index contributed by atoms with van der Waals surface area (Å²) in [5, 5.41) is 3.33. The molecule has 0 saturated carbocycles. The van der Waals surface area contributed by atoms with E-state index in [4.69, 9.17) is 5.73 Å². The van der Waals surface area contributed by atoms with Gasteiger partial charge in [-0.1, -0.05) is 42.8 Å². The summed E-state index contributed by atoms with van der Waals surface area (Å²) in [7, 11) is 0. The fourth-order valence-corrected chi connectivity index (χ4v) is 2.18. The first-order chi connectivity index (χ1) is 9.68. The van der Waals surface area contributed by atoms with Crippen molar-refractivity contribution in [1.82, 2.24) is 9.97 Å². The van der Waals surface area contributed by atoms with Gasteiger partial charge in [0.2, 0.25) is 0 Å². The Morgan fingerprint density at radius 2 is 1.81 bits per heavy atom. The van der Waals surface area contributed by atoms with Crippen molar-refractivity contribution in [1.29, 1.82) is 0 Å². The van der Waals surface area contributed by atoms with Crippen LogP contribution in [-0.4, -0.2) is 9.97 Å². The van der Waals surface area contributed by atoms with Crippen molar-refractivity contribution >= 4 is 33.3 Å². The first kappa shape index (κ1) is 15.8. The highest BCUT2D eigenvalue weighted by Crippen LogP contribution is 2.28. The molecule has 0 unspecified atom stereocenters. The highest BCUT2D eigenvalue weighted by atomic mass is 79.9. The molecule has 0 amide bonds. The molecule has 0 spiro atoms. The number of rotatable bonds is 2. The molecule has 3 N–H and O–H groups in total. The van der Waals surface area contributed by atoms with E-state index in [9.17, 15) is 0 Å². The lowest BCUT2D eigenvalue weighted by Crippen LogP contribution is -2.18. The van der Waals surface area contributed by atoms with Crippen LogP contribution in [0.25, 0.3) is 0 Å². The van der Waals surface area contributed by atoms with Gasteiger partial charge in [-0.3, -0.25) is 0 Å². The molecule has 0 aliphatic heterocycles. The van der Waals surface area contributed by atoms with Crippen molar-refractivity contribution in [3.63, 3.8) is 0 Å². The van der Waals surface area contributed by atoms with Gasteiger partial charge in [0.25, 0.3) is 0 Å². The van der Waals surface area contributed by atoms with E-state index in [1.54, 1.807) is 0 Å². The van der Waals surface area contributed by atoms with Crippen LogP contribution < -0.4 is 11.1 Å². The smallest absolute Gasteiger partial charge is 0.139 e. The van der Waals surface area contributed by atoms with Crippen molar-refractivity contribution in [3.05, 3.63) is 39.6 Å². The third-order valence-corrected chi connectivity index (χ3v) is 4.14. The lowest BCUT2D eigenvalue weighted by Gasteiger charge is -2.20. The van der Waals surface area contributed by atoms with Gasteiger partial charge in [-0.2, -0.15) is 0 Å². The zero-order valence-corrected chi connectivity index (χ0v) is 14.7. The Morgan fingerprint density at radius 1 is 1.14 bits per heavy atom. The number of benzene rings is 1. The highest BCUT2D eigenvalue weighted by Gasteiger charge is 2.20. The SMILES string of the molecule is Cc1ccc(Nc2nc(C(C)(C)C)nc(N)c2C)cc1Br. The van der Waals surface area contributed by atoms with Gasteiger partial charge >= 0.3 is 0 Å². The molecule has 0 aliphatic carbocycles. The summed E-state index contributed by atoms with van der Waals surface area (Å²) in [5.41, 5.74) is 8.90. The van der Waals surface area contributed by atoms with Crippen molar-refractivity contribution < 1.29 is 0 Å². The molecule has 0 aliphatic rings. The zero-order chi connectivity index (χ0) is 15.8. The second-order valence-corrected chi connectivity index (χ2v) is 7.10. The van der Waals surface area contributed by atoms with Gasteiger partial charge in [0.15, 0.2) is 0 Å². The largest absolute Gasteiger partial charge is 0.383 e. The van der Waals surface area contributed by atoms with E-state index in [0.29, 0.717) is 5.82 Å². The number of hydrogen-bond acceptors (Lipinski definition) is 4. The van der Waals surface area contributed by atoms with E-state index in [-0.39, 0.29) is 5.41 Å². The number of aromatic nitrogens is 2. The Morgan fingerprint density at radius 3 is 2.38 bits per heavy atom. The molecule has 0 fully saturated rings. The molecule has 2 aromatic rings. The molecule has 5 heteroatoms. The maximum absolute atomic E-state index is 6.03. The molecule has 112 valence electrons. The van der Waals surface area contributed by atoms with E-state index in [0.717, 1.165) is 27.4 Å². The first-order valence-corrected chi connectivity index (χ1v) is 7.65. The van der Waals surface area contributed by atoms with E-state index < -0.39 is 0 Å². The molecular weight excluding hydrogens is 328 g/mol. The lowest BCUT2D eigenvalue weighted by molar-refractivity contribution is 0.546. The van der Waals surface area contributed by atoms with Crippen LogP contribution in [-0.2, 0) is 5.41 Å². The maximum atomic E-state index is 6.03. The van der Waals surface area contributed by atoms with Gasteiger partial charge in [0.1, 0.15) is 17.5 Å². The Kier molecular flexibility index (Phi) is 4.23. The maximum Gasteiger partial charge on any atom is 0.139 e. The Hall–Kier alpha value is -1.62. The van der Waals surface area contributed by atoms with Crippen LogP contribution in [0.1, 0.15) is 37.7 Å². The monoisotopic (exact) mass is 348 g/mol. The highest BCUT2D eigenvalue weighted by molar-refractivity contribution is 9.10. The van der Waals surface area contributed by atoms with E-state index in [1.807, 2.05) is 19.1 Å². The third kappa shape index (κ3) is 3.53. The summed E-state index contributed by atoms with van der Waals surface area (Å²) >= 11 is 3.54. The van der Waals surface area contributed by atoms with E-state index >= 15 is 0 Å². The van der Waals surface area contributed by atoms with Gasteiger partial charge < -0.3 is 11.1 Å². The number of nitrogen functional groups attached to an aromatic ring is 1. The topological polar surface area (TPSA) is 63.8 Å². The number of aryl methyl sites for hydroxylation is 1. The summed E-state index contributed by atoms with van der Waals surface area (Å²) in [6.45, 7) is 10.2. The van der Waals surface area contributed by atoms with Gasteiger partial charge in [-0.25, -0.2) is 9.97 Å². The summed E-state index contributed by atoms with van der Waals surface area (Å²) in [4.78, 5) is 9.03. The van der Waals surface area contributed by atoms with Crippen LogP contribution in [0.15, 0.2) is 22.7 Å². The van der Waals surface area contributed by atoms with Crippen LogP contribution >= 0.6 is 15.9 Å². The number of nitrogens with one attached hydrogen (secondary N) is 1. The number of halogens is 1. The molecule has 1 aromatic heterocycles. The van der Waals surface area contributed by atoms with E-state index in [1.165, 1.54) is 5.56 Å². The summed E-state index contributed by atoms with van der Waals surface area (Å²) in [6.07, 6.45) is 0. The summed E-state index contributed by atoms with van der Waals surface area (Å²) < 4.78 is 1.06. The molecular formula is C16H21BrN4. The number of hydrogen-bond donors (Lipinski definition) is 2. The van der Waals surface area contributed by atoms with Crippen molar-refractivity contribution in [2.45, 2.75) is 40.0 Å².